The van der Waals surface area contributed by atoms with Crippen molar-refractivity contribution < 1.29 is 13.2 Å². The van der Waals surface area contributed by atoms with E-state index >= 15 is 0 Å². The van der Waals surface area contributed by atoms with Gasteiger partial charge in [-0.15, -0.1) is 0 Å². The molecule has 0 saturated heterocycles. The number of benzene rings is 2. The van der Waals surface area contributed by atoms with Gasteiger partial charge in [0.15, 0.2) is 0 Å². The van der Waals surface area contributed by atoms with Crippen molar-refractivity contribution in [2.24, 2.45) is 0 Å². The maximum absolute atomic E-state index is 13.0. The van der Waals surface area contributed by atoms with Crippen LogP contribution in [0.3, 0.4) is 0 Å². The molecule has 2 aromatic carbocycles. The van der Waals surface area contributed by atoms with E-state index in [0.717, 1.165) is 25.7 Å². The average molecular weight is 455 g/mol. The summed E-state index contributed by atoms with van der Waals surface area (Å²) in [6.45, 7) is 0. The van der Waals surface area contributed by atoms with Crippen molar-refractivity contribution in [2.45, 2.75) is 41.4 Å². The van der Waals surface area contributed by atoms with Crippen LogP contribution in [-0.2, 0) is 10.0 Å². The van der Waals surface area contributed by atoms with Gasteiger partial charge in [-0.25, -0.2) is 0 Å². The summed E-state index contributed by atoms with van der Waals surface area (Å²) >= 11 is 6.05. The van der Waals surface area contributed by atoms with Gasteiger partial charge in [0.2, 0.25) is 0 Å². The number of fused-ring (bicyclic) bond motifs is 1. The number of hydrogen-bond acceptors (Lipinski definition) is 3. The predicted molar refractivity (Wildman–Crippen MR) is 103 cm³/mol. The number of carbonyl (C=O) groups is 1. The Kier molecular flexibility index (Phi) is 4.86. The van der Waals surface area contributed by atoms with Crippen LogP contribution in [0.4, 0.5) is 0 Å². The Labute approximate surface area is 164 Å². The SMILES string of the molecule is O=C1c2ccccc2S(=O)(=O)N1C1CCCCC1[Se]c1ccc(Cl)cc1. The molecule has 1 saturated carbocycles. The van der Waals surface area contributed by atoms with E-state index in [-0.39, 0.29) is 36.6 Å². The van der Waals surface area contributed by atoms with Crippen LogP contribution in [0.2, 0.25) is 9.84 Å². The molecule has 7 heteroatoms. The van der Waals surface area contributed by atoms with Crippen molar-refractivity contribution >= 4 is 47.0 Å². The van der Waals surface area contributed by atoms with Crippen molar-refractivity contribution in [3.8, 4) is 0 Å². The van der Waals surface area contributed by atoms with Crippen LogP contribution in [0, 0.1) is 0 Å². The van der Waals surface area contributed by atoms with Gasteiger partial charge < -0.3 is 0 Å². The maximum atomic E-state index is 13.0. The van der Waals surface area contributed by atoms with E-state index in [9.17, 15) is 13.2 Å². The van der Waals surface area contributed by atoms with Crippen LogP contribution in [0.15, 0.2) is 53.4 Å². The summed E-state index contributed by atoms with van der Waals surface area (Å²) in [5, 5.41) is 0.692. The van der Waals surface area contributed by atoms with Crippen molar-refractivity contribution in [1.82, 2.24) is 4.31 Å². The molecule has 0 spiro atoms. The van der Waals surface area contributed by atoms with Gasteiger partial charge in [-0.3, -0.25) is 0 Å². The summed E-state index contributed by atoms with van der Waals surface area (Å²) < 4.78 is 28.4. The fourth-order valence-corrected chi connectivity index (χ4v) is 8.64. The molecule has 0 radical (unpaired) electrons. The molecule has 1 amide bonds. The minimum atomic E-state index is -3.75. The fourth-order valence-electron chi connectivity index (χ4n) is 3.70. The van der Waals surface area contributed by atoms with E-state index in [0.29, 0.717) is 10.6 Å². The van der Waals surface area contributed by atoms with E-state index in [1.54, 1.807) is 18.2 Å². The number of sulfonamides is 1. The number of hydrogen-bond donors (Lipinski definition) is 0. The summed E-state index contributed by atoms with van der Waals surface area (Å²) in [5.74, 6) is -0.371. The fraction of sp³-hybridized carbons (Fsp3) is 0.316. The zero-order valence-corrected chi connectivity index (χ0v) is 17.3. The van der Waals surface area contributed by atoms with Crippen LogP contribution < -0.4 is 4.46 Å². The van der Waals surface area contributed by atoms with Crippen molar-refractivity contribution in [2.75, 3.05) is 0 Å². The molecule has 26 heavy (non-hydrogen) atoms. The number of rotatable bonds is 3. The molecule has 0 bridgehead atoms. The quantitative estimate of drug-likeness (QED) is 0.669. The van der Waals surface area contributed by atoms with Crippen LogP contribution in [0.25, 0.3) is 0 Å². The van der Waals surface area contributed by atoms with Gasteiger partial charge in [0.25, 0.3) is 0 Å². The van der Waals surface area contributed by atoms with Crippen LogP contribution in [0.1, 0.15) is 36.0 Å². The molecule has 1 aliphatic carbocycles. The molecular formula is C19H18ClNO3SSe. The van der Waals surface area contributed by atoms with Gasteiger partial charge in [0, 0.05) is 0 Å². The Morgan fingerprint density at radius 3 is 2.42 bits per heavy atom. The van der Waals surface area contributed by atoms with Gasteiger partial charge in [-0.2, -0.15) is 0 Å². The Hall–Kier alpha value is -1.33. The molecule has 136 valence electrons. The molecule has 1 aliphatic heterocycles. The van der Waals surface area contributed by atoms with E-state index in [4.69, 9.17) is 11.6 Å². The Bertz CT molecular complexity index is 946. The van der Waals surface area contributed by atoms with Gasteiger partial charge in [-0.05, 0) is 0 Å². The zero-order chi connectivity index (χ0) is 18.3. The molecule has 0 aromatic heterocycles. The first-order valence-electron chi connectivity index (χ1n) is 8.58. The third-order valence-corrected chi connectivity index (χ3v) is 9.97. The summed E-state index contributed by atoms with van der Waals surface area (Å²) in [4.78, 5) is 13.2. The van der Waals surface area contributed by atoms with Crippen LogP contribution in [0.5, 0.6) is 0 Å². The predicted octanol–water partition coefficient (Wildman–Crippen LogP) is 3.25. The number of carbonyl (C=O) groups excluding carboxylic acids is 1. The van der Waals surface area contributed by atoms with Crippen molar-refractivity contribution in [3.63, 3.8) is 0 Å². The topological polar surface area (TPSA) is 54.5 Å². The van der Waals surface area contributed by atoms with E-state index < -0.39 is 10.0 Å². The van der Waals surface area contributed by atoms with Gasteiger partial charge >= 0.3 is 165 Å². The summed E-state index contributed by atoms with van der Waals surface area (Å²) in [6.07, 6.45) is 3.71. The Balaban J connectivity index is 1.67. The molecule has 2 aromatic rings. The van der Waals surface area contributed by atoms with Gasteiger partial charge in [0.1, 0.15) is 0 Å². The van der Waals surface area contributed by atoms with Gasteiger partial charge in [0.05, 0.1) is 0 Å². The van der Waals surface area contributed by atoms with Gasteiger partial charge in [-0.1, -0.05) is 0 Å². The first-order valence-corrected chi connectivity index (χ1v) is 12.2. The summed E-state index contributed by atoms with van der Waals surface area (Å²) in [6, 6.07) is 14.0. The molecule has 1 fully saturated rings. The van der Waals surface area contributed by atoms with E-state index in [1.165, 1.54) is 14.8 Å². The number of nitrogens with zero attached hydrogens (tertiary/aromatic N) is 1. The molecule has 2 aliphatic rings. The molecule has 2 atom stereocenters. The van der Waals surface area contributed by atoms with Crippen LogP contribution >= 0.6 is 11.6 Å². The normalized spacial score (nSPS) is 24.5. The second-order valence-corrected chi connectivity index (χ2v) is 11.5. The first kappa shape index (κ1) is 18.1. The standard InChI is InChI=1S/C19H18ClNO3SSe/c20-13-9-11-14(12-10-13)26-18-8-4-2-6-16(18)21-19(22)15-5-1-3-7-17(15)25(21,23)24/h1,3,5,7,9-12,16,18H,2,4,6,8H2. The Morgan fingerprint density at radius 1 is 1.00 bits per heavy atom. The molecule has 4 rings (SSSR count). The van der Waals surface area contributed by atoms with Crippen molar-refractivity contribution in [3.05, 3.63) is 59.1 Å². The molecule has 4 nitrogen and oxygen atoms in total. The molecule has 0 N–H and O–H groups in total. The number of halogens is 1. The zero-order valence-electron chi connectivity index (χ0n) is 14.0. The second kappa shape index (κ2) is 7.01. The Morgan fingerprint density at radius 2 is 1.69 bits per heavy atom. The average Bonchev–Trinajstić information content (AvgIpc) is 2.84. The number of amides is 1. The summed E-state index contributed by atoms with van der Waals surface area (Å²) in [5.41, 5.74) is 0.302. The second-order valence-electron chi connectivity index (χ2n) is 6.56. The first-order chi connectivity index (χ1) is 12.5. The molecule has 2 unspecified atom stereocenters. The van der Waals surface area contributed by atoms with Crippen LogP contribution in [-0.4, -0.2) is 39.6 Å². The monoisotopic (exact) mass is 455 g/mol. The van der Waals surface area contributed by atoms with Crippen molar-refractivity contribution in [1.29, 1.82) is 0 Å². The molecule has 1 heterocycles. The summed E-state index contributed by atoms with van der Waals surface area (Å²) in [7, 11) is -3.75. The third-order valence-electron chi connectivity index (χ3n) is 4.92. The van der Waals surface area contributed by atoms with E-state index in [1.807, 2.05) is 24.3 Å². The minimum absolute atomic E-state index is 0.0836. The third kappa shape index (κ3) is 3.09. The molecular weight excluding hydrogens is 437 g/mol. The van der Waals surface area contributed by atoms with E-state index in [2.05, 4.69) is 0 Å².